The minimum absolute atomic E-state index is 0.0822. The van der Waals surface area contributed by atoms with E-state index in [0.717, 1.165) is 43.2 Å². The molecule has 2 aromatic rings. The summed E-state index contributed by atoms with van der Waals surface area (Å²) in [6.45, 7) is 1.86. The number of fused-ring (bicyclic) bond motifs is 1. The van der Waals surface area contributed by atoms with Crippen LogP contribution in [0.25, 0.3) is 0 Å². The van der Waals surface area contributed by atoms with Gasteiger partial charge < -0.3 is 48.3 Å². The molecule has 10 N–H and O–H groups in total. The molecule has 0 radical (unpaired) electrons. The number of carbonyl (C=O) groups is 7. The largest absolute Gasteiger partial charge is 0.370 e. The Bertz CT molecular complexity index is 1890. The standard InChI is InChI=1S/C46H66N10O7/c1-30(57)51-37(28-32-16-7-3-8-17-32)42(60)54-36-21-12-25-49-40(58)34(20-11-26-50-46(47)48)52-41(59)35(24-23-31-14-5-2-6-15-31)53-43(61)38(29-33-18-9-4-10-19-33)55-44(62)39-22-13-27-56(39)45(36)63/h2-3,5-8,14-17,33-39H,4,9-13,18-29H2,1H3,(H,49,58)(H,51,57)(H,52,59)(H,53,61)(H,54,60)(H,55,62)(H4,47,48,50)/t34-,35-,36-,37-,38-,39-/m0/s1. The molecule has 0 unspecified atom stereocenters. The number of hydrogen-bond acceptors (Lipinski definition) is 8. The highest BCUT2D eigenvalue weighted by atomic mass is 16.2. The van der Waals surface area contributed by atoms with E-state index < -0.39 is 77.6 Å². The average Bonchev–Trinajstić information content (AvgIpc) is 3.77. The average molecular weight is 871 g/mol. The van der Waals surface area contributed by atoms with Crippen LogP contribution in [0, 0.1) is 5.92 Å². The molecular weight excluding hydrogens is 805 g/mol. The number of benzene rings is 2. The SMILES string of the molecule is CC(=O)N[C@@H](Cc1ccccc1)C(=O)N[C@H]1CCCNC(=O)[C@H](CCCN=C(N)N)NC(=O)[C@H](CCc2ccccc2)NC(=O)[C@H](CC2CCCCC2)NC(=O)[C@@H]2CCCN2C1=O. The number of amides is 7. The Morgan fingerprint density at radius 3 is 2.05 bits per heavy atom. The lowest BCUT2D eigenvalue weighted by Gasteiger charge is -2.32. The van der Waals surface area contributed by atoms with Crippen molar-refractivity contribution in [2.45, 2.75) is 139 Å². The van der Waals surface area contributed by atoms with Gasteiger partial charge in [0.2, 0.25) is 41.4 Å². The third-order valence-corrected chi connectivity index (χ3v) is 12.1. The van der Waals surface area contributed by atoms with Gasteiger partial charge in [0.15, 0.2) is 5.96 Å². The van der Waals surface area contributed by atoms with Crippen LogP contribution >= 0.6 is 0 Å². The Morgan fingerprint density at radius 2 is 1.38 bits per heavy atom. The maximum absolute atomic E-state index is 14.5. The number of aryl methyl sites for hydroxylation is 1. The van der Waals surface area contributed by atoms with E-state index in [2.05, 4.69) is 36.9 Å². The Labute approximate surface area is 370 Å². The van der Waals surface area contributed by atoms with Crippen LogP contribution in [-0.4, -0.2) is 108 Å². The van der Waals surface area contributed by atoms with E-state index in [-0.39, 0.29) is 63.6 Å². The molecule has 3 aliphatic rings. The van der Waals surface area contributed by atoms with Crippen molar-refractivity contribution in [2.75, 3.05) is 19.6 Å². The van der Waals surface area contributed by atoms with Crippen LogP contribution in [-0.2, 0) is 46.4 Å². The second kappa shape index (κ2) is 24.6. The van der Waals surface area contributed by atoms with Crippen LogP contribution in [0.15, 0.2) is 65.7 Å². The molecule has 0 spiro atoms. The highest BCUT2D eigenvalue weighted by Crippen LogP contribution is 2.28. The number of guanidine groups is 1. The van der Waals surface area contributed by atoms with Crippen LogP contribution < -0.4 is 43.4 Å². The van der Waals surface area contributed by atoms with E-state index in [9.17, 15) is 33.6 Å². The van der Waals surface area contributed by atoms with Gasteiger partial charge in [0.05, 0.1) is 0 Å². The molecule has 17 nitrogen and oxygen atoms in total. The maximum Gasteiger partial charge on any atom is 0.245 e. The van der Waals surface area contributed by atoms with Crippen molar-refractivity contribution in [3.05, 3.63) is 71.8 Å². The highest BCUT2D eigenvalue weighted by molar-refractivity contribution is 5.97. The summed E-state index contributed by atoms with van der Waals surface area (Å²) < 4.78 is 0. The summed E-state index contributed by atoms with van der Waals surface area (Å²) in [4.78, 5) is 103. The van der Waals surface area contributed by atoms with Gasteiger partial charge in [0, 0.05) is 33.0 Å². The number of hydrogen-bond donors (Lipinski definition) is 8. The number of nitrogens with one attached hydrogen (secondary N) is 6. The fourth-order valence-corrected chi connectivity index (χ4v) is 8.78. The zero-order valence-corrected chi connectivity index (χ0v) is 36.4. The van der Waals surface area contributed by atoms with Crippen LogP contribution in [0.3, 0.4) is 0 Å². The maximum atomic E-state index is 14.5. The summed E-state index contributed by atoms with van der Waals surface area (Å²) in [5.74, 6) is -3.46. The molecule has 6 atom stereocenters. The molecule has 63 heavy (non-hydrogen) atoms. The lowest BCUT2D eigenvalue weighted by molar-refractivity contribution is -0.143. The van der Waals surface area contributed by atoms with Crippen molar-refractivity contribution in [1.29, 1.82) is 0 Å². The molecule has 1 aliphatic carbocycles. The third-order valence-electron chi connectivity index (χ3n) is 12.1. The summed E-state index contributed by atoms with van der Waals surface area (Å²) in [6.07, 6.45) is 7.83. The minimum atomic E-state index is -1.12. The van der Waals surface area contributed by atoms with Crippen molar-refractivity contribution < 1.29 is 33.6 Å². The van der Waals surface area contributed by atoms with E-state index in [0.29, 0.717) is 32.1 Å². The van der Waals surface area contributed by atoms with Gasteiger partial charge in [-0.3, -0.25) is 38.6 Å². The molecule has 7 amide bonds. The van der Waals surface area contributed by atoms with Crippen molar-refractivity contribution in [2.24, 2.45) is 22.4 Å². The van der Waals surface area contributed by atoms with E-state index in [1.54, 1.807) is 0 Å². The van der Waals surface area contributed by atoms with Gasteiger partial charge >= 0.3 is 0 Å². The van der Waals surface area contributed by atoms with Gasteiger partial charge in [-0.15, -0.1) is 0 Å². The first-order chi connectivity index (χ1) is 30.4. The summed E-state index contributed by atoms with van der Waals surface area (Å²) in [5, 5.41) is 17.3. The number of aliphatic imine (C=N–C) groups is 1. The Hall–Kier alpha value is -6.00. The first kappa shape index (κ1) is 48.0. The molecule has 2 heterocycles. The number of rotatable bonds is 14. The predicted molar refractivity (Wildman–Crippen MR) is 238 cm³/mol. The van der Waals surface area contributed by atoms with E-state index >= 15 is 0 Å². The Morgan fingerprint density at radius 1 is 0.746 bits per heavy atom. The van der Waals surface area contributed by atoms with Crippen LogP contribution in [0.5, 0.6) is 0 Å². The van der Waals surface area contributed by atoms with E-state index in [4.69, 9.17) is 11.5 Å². The van der Waals surface area contributed by atoms with Gasteiger partial charge in [-0.25, -0.2) is 0 Å². The molecule has 1 saturated carbocycles. The molecule has 342 valence electrons. The van der Waals surface area contributed by atoms with Crippen LogP contribution in [0.4, 0.5) is 0 Å². The zero-order valence-electron chi connectivity index (χ0n) is 36.4. The zero-order chi connectivity index (χ0) is 45.1. The number of nitrogens with two attached hydrogens (primary N) is 2. The summed E-state index contributed by atoms with van der Waals surface area (Å²) in [5.41, 5.74) is 12.8. The second-order valence-electron chi connectivity index (χ2n) is 17.0. The lowest BCUT2D eigenvalue weighted by Crippen LogP contribution is -2.60. The van der Waals surface area contributed by atoms with Gasteiger partial charge in [0.1, 0.15) is 36.3 Å². The lowest BCUT2D eigenvalue weighted by atomic mass is 9.84. The van der Waals surface area contributed by atoms with Gasteiger partial charge in [-0.1, -0.05) is 92.8 Å². The third kappa shape index (κ3) is 15.4. The first-order valence-corrected chi connectivity index (χ1v) is 22.6. The van der Waals surface area contributed by atoms with Gasteiger partial charge in [0.25, 0.3) is 0 Å². The monoisotopic (exact) mass is 871 g/mol. The molecule has 5 rings (SSSR count). The fraction of sp³-hybridized carbons (Fsp3) is 0.565. The van der Waals surface area contributed by atoms with Crippen LogP contribution in [0.2, 0.25) is 0 Å². The van der Waals surface area contributed by atoms with Gasteiger partial charge in [-0.05, 0) is 74.8 Å². The Balaban J connectivity index is 1.45. The smallest absolute Gasteiger partial charge is 0.245 e. The van der Waals surface area contributed by atoms with Crippen molar-refractivity contribution in [1.82, 2.24) is 36.8 Å². The normalized spacial score (nSPS) is 23.7. The van der Waals surface area contributed by atoms with Gasteiger partial charge in [-0.2, -0.15) is 0 Å². The molecule has 0 bridgehead atoms. The molecule has 0 aromatic heterocycles. The van der Waals surface area contributed by atoms with Crippen molar-refractivity contribution >= 4 is 47.3 Å². The van der Waals surface area contributed by atoms with Crippen molar-refractivity contribution in [3.63, 3.8) is 0 Å². The second-order valence-corrected chi connectivity index (χ2v) is 17.0. The highest BCUT2D eigenvalue weighted by Gasteiger charge is 2.40. The Kier molecular flexibility index (Phi) is 18.8. The molecule has 2 saturated heterocycles. The van der Waals surface area contributed by atoms with Crippen molar-refractivity contribution in [3.8, 4) is 0 Å². The summed E-state index contributed by atoms with van der Waals surface area (Å²) in [7, 11) is 0. The topological polar surface area (TPSA) is 259 Å². The van der Waals surface area contributed by atoms with E-state index in [1.165, 1.54) is 11.8 Å². The fourth-order valence-electron chi connectivity index (χ4n) is 8.78. The number of carbonyl (C=O) groups excluding carboxylic acids is 7. The molecule has 3 fully saturated rings. The minimum Gasteiger partial charge on any atom is -0.370 e. The molecule has 2 aliphatic heterocycles. The number of nitrogens with zero attached hydrogens (tertiary/aromatic N) is 2. The first-order valence-electron chi connectivity index (χ1n) is 22.6. The summed E-state index contributed by atoms with van der Waals surface area (Å²) in [6, 6.07) is 12.6. The molecule has 2 aromatic carbocycles. The molecular formula is C46H66N10O7. The summed E-state index contributed by atoms with van der Waals surface area (Å²) >= 11 is 0. The predicted octanol–water partition coefficient (Wildman–Crippen LogP) is 1.23. The quantitative estimate of drug-likeness (QED) is 0.0771. The molecule has 17 heteroatoms. The van der Waals surface area contributed by atoms with E-state index in [1.807, 2.05) is 60.7 Å². The van der Waals surface area contributed by atoms with Crippen LogP contribution in [0.1, 0.15) is 102 Å².